The van der Waals surface area contributed by atoms with Crippen LogP contribution in [0.25, 0.3) is 11.0 Å². The van der Waals surface area contributed by atoms with Gasteiger partial charge in [-0.05, 0) is 26.0 Å². The van der Waals surface area contributed by atoms with Crippen molar-refractivity contribution in [2.75, 3.05) is 11.1 Å². The number of aromatic amines is 1. The Labute approximate surface area is 193 Å². The molecule has 0 saturated carbocycles. The molecule has 1 aliphatic rings. The molecule has 2 atom stereocenters. The molecule has 0 saturated heterocycles. The zero-order valence-corrected chi connectivity index (χ0v) is 18.7. The minimum absolute atomic E-state index is 0.0454. The number of nitrogens with two attached hydrogens (primary N) is 1. The van der Waals surface area contributed by atoms with Gasteiger partial charge in [-0.15, -0.1) is 0 Å². The lowest BCUT2D eigenvalue weighted by molar-refractivity contribution is 0.0617. The van der Waals surface area contributed by atoms with Crippen LogP contribution in [-0.4, -0.2) is 46.5 Å². The van der Waals surface area contributed by atoms with Crippen LogP contribution in [-0.2, 0) is 0 Å². The number of nitrogens with zero attached hydrogens (tertiary/aromatic N) is 6. The van der Waals surface area contributed by atoms with Gasteiger partial charge >= 0.3 is 0 Å². The summed E-state index contributed by atoms with van der Waals surface area (Å²) >= 11 is 6.28. The second-order valence-corrected chi connectivity index (χ2v) is 7.61. The monoisotopic (exact) mass is 467 g/mol. The summed E-state index contributed by atoms with van der Waals surface area (Å²) in [6, 6.07) is 1.09. The van der Waals surface area contributed by atoms with E-state index in [2.05, 4.69) is 36.9 Å². The summed E-state index contributed by atoms with van der Waals surface area (Å²) in [5.74, 6) is 0.543. The number of aliphatic hydroxyl groups excluding tert-OH is 1. The molecule has 4 heterocycles. The van der Waals surface area contributed by atoms with Crippen LogP contribution in [0.1, 0.15) is 25.8 Å². The molecular weight excluding hydrogens is 446 g/mol. The number of nitrogens with one attached hydrogen (secondary N) is 2. The van der Waals surface area contributed by atoms with Crippen LogP contribution < -0.4 is 16.6 Å². The van der Waals surface area contributed by atoms with Gasteiger partial charge in [-0.2, -0.15) is 15.1 Å². The molecule has 170 valence electrons. The third-order valence-corrected chi connectivity index (χ3v) is 5.28. The van der Waals surface area contributed by atoms with E-state index in [0.717, 1.165) is 0 Å². The number of hydrogen-bond donors (Lipinski definition) is 4. The lowest BCUT2D eigenvalue weighted by atomic mass is 10.2. The van der Waals surface area contributed by atoms with Crippen LogP contribution in [0, 0.1) is 0 Å². The molecule has 3 aromatic rings. The van der Waals surface area contributed by atoms with E-state index in [1.165, 1.54) is 11.0 Å². The van der Waals surface area contributed by atoms with Gasteiger partial charge in [0.1, 0.15) is 16.9 Å². The molecule has 3 aromatic heterocycles. The molecule has 1 aliphatic heterocycles. The van der Waals surface area contributed by atoms with Crippen LogP contribution >= 0.6 is 11.6 Å². The third-order valence-electron chi connectivity index (χ3n) is 4.96. The zero-order chi connectivity index (χ0) is 23.7. The maximum atomic E-state index is 12.4. The summed E-state index contributed by atoms with van der Waals surface area (Å²) in [6.45, 7) is 7.77. The molecule has 2 unspecified atom stereocenters. The molecule has 0 radical (unpaired) electrons. The van der Waals surface area contributed by atoms with Crippen molar-refractivity contribution in [1.82, 2.24) is 29.5 Å². The van der Waals surface area contributed by atoms with E-state index in [4.69, 9.17) is 17.3 Å². The number of amidine groups is 1. The number of hydrogen-bond acceptors (Lipinski definition) is 9. The maximum absolute atomic E-state index is 12.4. The van der Waals surface area contributed by atoms with Crippen molar-refractivity contribution in [3.05, 3.63) is 76.2 Å². The van der Waals surface area contributed by atoms with Gasteiger partial charge in [-0.1, -0.05) is 36.4 Å². The number of fused-ring (bicyclic) bond motifs is 2. The first-order valence-corrected chi connectivity index (χ1v) is 10.4. The number of anilines is 2. The van der Waals surface area contributed by atoms with Crippen molar-refractivity contribution in [3.63, 3.8) is 0 Å². The Morgan fingerprint density at radius 2 is 2.21 bits per heavy atom. The van der Waals surface area contributed by atoms with Crippen molar-refractivity contribution in [3.8, 4) is 0 Å². The van der Waals surface area contributed by atoms with E-state index in [1.807, 2.05) is 19.1 Å². The van der Waals surface area contributed by atoms with E-state index in [0.29, 0.717) is 22.2 Å². The summed E-state index contributed by atoms with van der Waals surface area (Å²) in [7, 11) is 0. The summed E-state index contributed by atoms with van der Waals surface area (Å²) < 4.78 is 1.50. The minimum atomic E-state index is -1.15. The van der Waals surface area contributed by atoms with Gasteiger partial charge in [0, 0.05) is 11.9 Å². The highest BCUT2D eigenvalue weighted by atomic mass is 35.5. The van der Waals surface area contributed by atoms with Gasteiger partial charge in [0.2, 0.25) is 5.95 Å². The Morgan fingerprint density at radius 3 is 2.97 bits per heavy atom. The van der Waals surface area contributed by atoms with Crippen LogP contribution in [0.2, 0.25) is 5.02 Å². The number of allylic oxidation sites excluding steroid dienone is 4. The number of aromatic nitrogens is 5. The highest BCUT2D eigenvalue weighted by molar-refractivity contribution is 6.31. The third kappa shape index (κ3) is 4.11. The second kappa shape index (κ2) is 8.88. The fourth-order valence-electron chi connectivity index (χ4n) is 3.47. The molecule has 12 heteroatoms. The van der Waals surface area contributed by atoms with Gasteiger partial charge in [0.15, 0.2) is 17.7 Å². The van der Waals surface area contributed by atoms with E-state index < -0.39 is 17.8 Å². The highest BCUT2D eigenvalue weighted by Gasteiger charge is 2.34. The molecule has 0 aliphatic carbocycles. The van der Waals surface area contributed by atoms with Crippen LogP contribution in [0.15, 0.2) is 65.1 Å². The molecule has 0 amide bonds. The topological polar surface area (TPSA) is 150 Å². The Morgan fingerprint density at radius 1 is 1.42 bits per heavy atom. The van der Waals surface area contributed by atoms with E-state index in [9.17, 15) is 9.90 Å². The normalized spacial score (nSPS) is 16.9. The van der Waals surface area contributed by atoms with Gasteiger partial charge in [0.05, 0.1) is 17.4 Å². The van der Waals surface area contributed by atoms with Gasteiger partial charge in [0.25, 0.3) is 5.56 Å². The van der Waals surface area contributed by atoms with Crippen LogP contribution in [0.5, 0.6) is 0 Å². The van der Waals surface area contributed by atoms with Gasteiger partial charge < -0.3 is 21.1 Å². The van der Waals surface area contributed by atoms with E-state index in [1.54, 1.807) is 36.2 Å². The van der Waals surface area contributed by atoms with Crippen molar-refractivity contribution >= 4 is 40.2 Å². The molecule has 0 bridgehead atoms. The minimum Gasteiger partial charge on any atom is -0.368 e. The smallest absolute Gasteiger partial charge is 0.263 e. The SMILES string of the molecule is C=C(/C=C\C=C/C)N1C(C(C)Nc2nc(N)nc3nc[nH]c(=O)c23)=Nn2ccc(Cl)c2C1O. The van der Waals surface area contributed by atoms with Crippen molar-refractivity contribution in [1.29, 1.82) is 0 Å². The summed E-state index contributed by atoms with van der Waals surface area (Å²) in [6.07, 6.45) is 8.99. The standard InChI is InChI=1S/C21H22ClN9O2/c1-4-5-6-7-11(2)31-18(29-30-9-8-13(22)15(30)20(31)33)12(3)26-17-14-16(27-21(23)28-17)24-10-25-19(14)32/h4-10,12,20,33H,2H2,1,3H3,(H4,23,24,25,26,27,28,32)/b5-4-,7-6-. The van der Waals surface area contributed by atoms with Gasteiger partial charge in [-0.25, -0.2) is 9.66 Å². The lowest BCUT2D eigenvalue weighted by Gasteiger charge is -2.37. The largest absolute Gasteiger partial charge is 0.368 e. The first-order chi connectivity index (χ1) is 15.8. The number of nitrogen functional groups attached to an aromatic ring is 1. The first kappa shape index (κ1) is 22.2. The fraction of sp³-hybridized carbons (Fsp3) is 0.190. The summed E-state index contributed by atoms with van der Waals surface area (Å²) in [5.41, 5.74) is 6.43. The molecule has 5 N–H and O–H groups in total. The second-order valence-electron chi connectivity index (χ2n) is 7.20. The molecular formula is C21H22ClN9O2. The average Bonchev–Trinajstić information content (AvgIpc) is 3.14. The molecule has 4 rings (SSSR count). The molecule has 0 aromatic carbocycles. The first-order valence-electron chi connectivity index (χ1n) is 10.0. The summed E-state index contributed by atoms with van der Waals surface area (Å²) in [4.78, 5) is 28.7. The Balaban J connectivity index is 1.78. The Bertz CT molecular complexity index is 1370. The van der Waals surface area contributed by atoms with Crippen molar-refractivity contribution in [2.24, 2.45) is 5.10 Å². The number of halogens is 1. The highest BCUT2D eigenvalue weighted by Crippen LogP contribution is 2.34. The quantitative estimate of drug-likeness (QED) is 0.403. The Hall–Kier alpha value is -3.96. The fourth-order valence-corrected chi connectivity index (χ4v) is 3.71. The molecule has 11 nitrogen and oxygen atoms in total. The van der Waals surface area contributed by atoms with Crippen LogP contribution in [0.4, 0.5) is 11.8 Å². The predicted molar refractivity (Wildman–Crippen MR) is 128 cm³/mol. The van der Waals surface area contributed by atoms with E-state index in [-0.39, 0.29) is 22.8 Å². The lowest BCUT2D eigenvalue weighted by Crippen LogP contribution is -2.46. The predicted octanol–water partition coefficient (Wildman–Crippen LogP) is 2.36. The number of H-pyrrole nitrogens is 1. The maximum Gasteiger partial charge on any atom is 0.263 e. The van der Waals surface area contributed by atoms with Crippen molar-refractivity contribution in [2.45, 2.75) is 26.1 Å². The molecule has 33 heavy (non-hydrogen) atoms. The Kier molecular flexibility index (Phi) is 5.99. The molecule has 0 fully saturated rings. The zero-order valence-electron chi connectivity index (χ0n) is 17.9. The number of aliphatic hydroxyl groups is 1. The van der Waals surface area contributed by atoms with E-state index >= 15 is 0 Å². The van der Waals surface area contributed by atoms with Gasteiger partial charge in [-0.3, -0.25) is 9.69 Å². The summed E-state index contributed by atoms with van der Waals surface area (Å²) in [5, 5.41) is 19.5. The van der Waals surface area contributed by atoms with Crippen molar-refractivity contribution < 1.29 is 5.11 Å². The molecule has 0 spiro atoms. The van der Waals surface area contributed by atoms with Crippen LogP contribution in [0.3, 0.4) is 0 Å². The number of rotatable bonds is 6. The average molecular weight is 468 g/mol.